The highest BCUT2D eigenvalue weighted by molar-refractivity contribution is 6.41. The van der Waals surface area contributed by atoms with Crippen molar-refractivity contribution in [2.75, 3.05) is 11.9 Å². The molecule has 8 nitrogen and oxygen atoms in total. The van der Waals surface area contributed by atoms with E-state index in [2.05, 4.69) is 16.0 Å². The van der Waals surface area contributed by atoms with Gasteiger partial charge in [-0.1, -0.05) is 71.2 Å². The lowest BCUT2D eigenvalue weighted by molar-refractivity contribution is -0.141. The van der Waals surface area contributed by atoms with Gasteiger partial charge < -0.3 is 21.1 Å². The normalized spacial score (nSPS) is 14.6. The molecule has 1 aliphatic carbocycles. The molecule has 0 unspecified atom stereocenters. The molecular weight excluding hydrogens is 577 g/mol. The van der Waals surface area contributed by atoms with Crippen molar-refractivity contribution >= 4 is 64.2 Å². The molecule has 1 aliphatic rings. The maximum absolute atomic E-state index is 13.1. The predicted molar refractivity (Wildman–Crippen MR) is 154 cm³/mol. The van der Waals surface area contributed by atoms with Crippen LogP contribution in [0.1, 0.15) is 45.9 Å². The first kappa shape index (κ1) is 29.4. The summed E-state index contributed by atoms with van der Waals surface area (Å²) in [7, 11) is 0. The Bertz CT molecular complexity index is 1460. The number of ketones is 1. The second-order valence-electron chi connectivity index (χ2n) is 9.45. The number of amides is 3. The number of benzene rings is 3. The number of nitrogens with one attached hydrogen (secondary N) is 3. The highest BCUT2D eigenvalue weighted by Crippen LogP contribution is 2.34. The van der Waals surface area contributed by atoms with E-state index in [9.17, 15) is 24.3 Å². The van der Waals surface area contributed by atoms with Crippen LogP contribution in [0, 0.1) is 5.92 Å². The Hall–Kier alpha value is -3.59. The second kappa shape index (κ2) is 13.2. The Morgan fingerprint density at radius 3 is 2.50 bits per heavy atom. The van der Waals surface area contributed by atoms with E-state index in [1.165, 1.54) is 17.7 Å². The van der Waals surface area contributed by atoms with Crippen molar-refractivity contribution < 1.29 is 24.3 Å². The van der Waals surface area contributed by atoms with Gasteiger partial charge in [0.25, 0.3) is 0 Å². The summed E-state index contributed by atoms with van der Waals surface area (Å²) in [6.07, 6.45) is 1.14. The van der Waals surface area contributed by atoms with Crippen molar-refractivity contribution in [2.45, 2.75) is 31.7 Å². The third-order valence-electron chi connectivity index (χ3n) is 6.63. The Balaban J connectivity index is 1.38. The van der Waals surface area contributed by atoms with E-state index in [1.807, 2.05) is 24.3 Å². The highest BCUT2D eigenvalue weighted by atomic mass is 35.5. The van der Waals surface area contributed by atoms with Crippen LogP contribution < -0.4 is 16.0 Å². The molecule has 4 N–H and O–H groups in total. The van der Waals surface area contributed by atoms with E-state index in [0.29, 0.717) is 10.6 Å². The molecule has 3 aromatic rings. The lowest BCUT2D eigenvalue weighted by Gasteiger charge is -2.18. The van der Waals surface area contributed by atoms with Gasteiger partial charge in [-0.25, -0.2) is 4.79 Å². The molecule has 0 bridgehead atoms. The summed E-state index contributed by atoms with van der Waals surface area (Å²) >= 11 is 18.7. The number of Topliss-reactive ketones (excluding diaryl/α,β-unsaturated/α-hetero) is 1. The first-order valence-electron chi connectivity index (χ1n) is 12.5. The summed E-state index contributed by atoms with van der Waals surface area (Å²) in [6.45, 7) is -0.285. The molecule has 40 heavy (non-hydrogen) atoms. The van der Waals surface area contributed by atoms with E-state index in [0.717, 1.165) is 18.4 Å². The summed E-state index contributed by atoms with van der Waals surface area (Å²) in [6, 6.07) is 16.8. The minimum atomic E-state index is -1.27. The van der Waals surface area contributed by atoms with Crippen LogP contribution >= 0.6 is 34.8 Å². The molecule has 208 valence electrons. The number of hydrogen-bond acceptors (Lipinski definition) is 4. The molecule has 3 amide bonds. The van der Waals surface area contributed by atoms with E-state index in [-0.39, 0.29) is 40.3 Å². The number of carboxylic acid groups (broad SMARTS) is 1. The fourth-order valence-corrected chi connectivity index (χ4v) is 5.48. The zero-order valence-electron chi connectivity index (χ0n) is 21.2. The second-order valence-corrected chi connectivity index (χ2v) is 10.7. The van der Waals surface area contributed by atoms with Crippen molar-refractivity contribution in [3.05, 3.63) is 98.0 Å². The average Bonchev–Trinajstić information content (AvgIpc) is 3.30. The van der Waals surface area contributed by atoms with Gasteiger partial charge in [-0.2, -0.15) is 0 Å². The van der Waals surface area contributed by atoms with Gasteiger partial charge in [0.2, 0.25) is 5.91 Å². The van der Waals surface area contributed by atoms with E-state index in [4.69, 9.17) is 34.8 Å². The number of carbonyl (C=O) groups excluding carboxylic acids is 3. The van der Waals surface area contributed by atoms with Gasteiger partial charge in [-0.3, -0.25) is 14.4 Å². The molecule has 11 heteroatoms. The minimum Gasteiger partial charge on any atom is -0.481 e. The molecule has 0 fully saturated rings. The third-order valence-corrected chi connectivity index (χ3v) is 7.57. The molecule has 2 atom stereocenters. The molecule has 0 aliphatic heterocycles. The largest absolute Gasteiger partial charge is 0.481 e. The fraction of sp³-hybridized carbons (Fsp3) is 0.241. The monoisotopic (exact) mass is 601 g/mol. The first-order valence-corrected chi connectivity index (χ1v) is 13.7. The van der Waals surface area contributed by atoms with Crippen LogP contribution in [0.15, 0.2) is 60.7 Å². The van der Waals surface area contributed by atoms with Crippen molar-refractivity contribution in [3.8, 4) is 0 Å². The van der Waals surface area contributed by atoms with Crippen LogP contribution in [0.3, 0.4) is 0 Å². The van der Waals surface area contributed by atoms with Gasteiger partial charge in [0.1, 0.15) is 0 Å². The predicted octanol–water partition coefficient (Wildman–Crippen LogP) is 6.09. The molecule has 0 saturated carbocycles. The minimum absolute atomic E-state index is 0.0116. The zero-order chi connectivity index (χ0) is 28.8. The summed E-state index contributed by atoms with van der Waals surface area (Å²) in [5.41, 5.74) is 2.93. The fourth-order valence-electron chi connectivity index (χ4n) is 4.64. The van der Waals surface area contributed by atoms with Crippen LogP contribution in [0.2, 0.25) is 15.1 Å². The lowest BCUT2D eigenvalue weighted by Crippen LogP contribution is -2.41. The standard InChI is InChI=1S/C29H26Cl3N3O5/c30-19-6-3-4-16(12-19)13-25(37)34-23-11-9-21(31)26(27(23)32)24(36)14-18(28(38)39)15-33-29(40)35-22-10-8-17-5-1-2-7-20(17)22/h1-7,9,11-12,18,22H,8,10,13-15H2,(H,34,37)(H,38,39)(H2,33,35,40)/t18-,22+/m0/s1. The third kappa shape index (κ3) is 7.33. The summed E-state index contributed by atoms with van der Waals surface area (Å²) in [5, 5.41) is 18.2. The van der Waals surface area contributed by atoms with E-state index < -0.39 is 36.0 Å². The van der Waals surface area contributed by atoms with Crippen LogP contribution in [-0.2, 0) is 22.4 Å². The quantitative estimate of drug-likeness (QED) is 0.209. The number of halogens is 3. The van der Waals surface area contributed by atoms with Crippen molar-refractivity contribution in [1.82, 2.24) is 10.6 Å². The van der Waals surface area contributed by atoms with Gasteiger partial charge in [0.05, 0.1) is 39.7 Å². The maximum atomic E-state index is 13.1. The average molecular weight is 603 g/mol. The molecule has 3 aromatic carbocycles. The number of carboxylic acids is 1. The Kier molecular flexibility index (Phi) is 9.68. The van der Waals surface area contributed by atoms with E-state index in [1.54, 1.807) is 24.3 Å². The van der Waals surface area contributed by atoms with E-state index >= 15 is 0 Å². The van der Waals surface area contributed by atoms with Crippen LogP contribution in [-0.4, -0.2) is 35.3 Å². The van der Waals surface area contributed by atoms with Crippen LogP contribution in [0.25, 0.3) is 0 Å². The molecule has 0 heterocycles. The van der Waals surface area contributed by atoms with Crippen molar-refractivity contribution in [3.63, 3.8) is 0 Å². The highest BCUT2D eigenvalue weighted by Gasteiger charge is 2.28. The number of urea groups is 1. The first-order chi connectivity index (χ1) is 19.1. The molecular formula is C29H26Cl3N3O5. The number of rotatable bonds is 10. The summed E-state index contributed by atoms with van der Waals surface area (Å²) < 4.78 is 0. The lowest BCUT2D eigenvalue weighted by atomic mass is 9.97. The van der Waals surface area contributed by atoms with Crippen molar-refractivity contribution in [2.24, 2.45) is 5.92 Å². The Labute approximate surface area is 246 Å². The molecule has 4 rings (SSSR count). The Morgan fingerprint density at radius 2 is 1.75 bits per heavy atom. The van der Waals surface area contributed by atoms with Gasteiger partial charge in [0, 0.05) is 18.0 Å². The topological polar surface area (TPSA) is 125 Å². The summed E-state index contributed by atoms with van der Waals surface area (Å²) in [4.78, 5) is 50.1. The Morgan fingerprint density at radius 1 is 0.975 bits per heavy atom. The SMILES string of the molecule is O=C(Cc1cccc(Cl)c1)Nc1ccc(Cl)c(C(=O)C[C@@H](CNC(=O)N[C@@H]2CCc3ccccc32)C(=O)O)c1Cl. The van der Waals surface area contributed by atoms with Crippen LogP contribution in [0.4, 0.5) is 10.5 Å². The zero-order valence-corrected chi connectivity index (χ0v) is 23.4. The number of carbonyl (C=O) groups is 4. The van der Waals surface area contributed by atoms with Gasteiger partial charge in [0.15, 0.2) is 5.78 Å². The van der Waals surface area contributed by atoms with Crippen LogP contribution in [0.5, 0.6) is 0 Å². The summed E-state index contributed by atoms with van der Waals surface area (Å²) in [5.74, 6) is -3.53. The van der Waals surface area contributed by atoms with Gasteiger partial charge in [-0.15, -0.1) is 0 Å². The number of hydrogen-bond donors (Lipinski definition) is 4. The number of aryl methyl sites for hydroxylation is 1. The maximum Gasteiger partial charge on any atom is 0.315 e. The van der Waals surface area contributed by atoms with Gasteiger partial charge >= 0.3 is 12.0 Å². The smallest absolute Gasteiger partial charge is 0.315 e. The number of aliphatic carboxylic acids is 1. The number of fused-ring (bicyclic) bond motifs is 1. The number of anilines is 1. The molecule has 0 saturated heterocycles. The molecule has 0 radical (unpaired) electrons. The molecule has 0 aromatic heterocycles. The van der Waals surface area contributed by atoms with Crippen molar-refractivity contribution in [1.29, 1.82) is 0 Å². The van der Waals surface area contributed by atoms with Gasteiger partial charge in [-0.05, 0) is 53.8 Å². The molecule has 0 spiro atoms.